The molecule has 4 heterocycles. The van der Waals surface area contributed by atoms with Gasteiger partial charge in [-0.1, -0.05) is 0 Å². The minimum atomic E-state index is -4.56. The highest BCUT2D eigenvalue weighted by molar-refractivity contribution is 5.87. The summed E-state index contributed by atoms with van der Waals surface area (Å²) in [6.45, 7) is 4.31. The first kappa shape index (κ1) is 24.4. The molecule has 0 bridgehead atoms. The van der Waals surface area contributed by atoms with Gasteiger partial charge in [-0.3, -0.25) is 14.2 Å². The van der Waals surface area contributed by atoms with Crippen LogP contribution in [-0.4, -0.2) is 43.4 Å². The average Bonchev–Trinajstić information content (AvgIpc) is 2.80. The Labute approximate surface area is 199 Å². The molecule has 1 amide bonds. The lowest BCUT2D eigenvalue weighted by atomic mass is 9.89. The number of rotatable bonds is 4. The molecular formula is C23H26F3N7O2. The molecule has 1 atom stereocenters. The second kappa shape index (κ2) is 9.16. The van der Waals surface area contributed by atoms with Gasteiger partial charge in [0.25, 0.3) is 5.56 Å². The second-order valence-corrected chi connectivity index (χ2v) is 8.77. The largest absolute Gasteiger partial charge is 0.416 e. The summed E-state index contributed by atoms with van der Waals surface area (Å²) in [5.74, 6) is 0.0904. The number of hydrogen-bond acceptors (Lipinski definition) is 7. The molecule has 35 heavy (non-hydrogen) atoms. The number of aromatic nitrogens is 4. The molecule has 1 aliphatic heterocycles. The zero-order chi connectivity index (χ0) is 25.5. The Morgan fingerprint density at radius 1 is 1.20 bits per heavy atom. The van der Waals surface area contributed by atoms with Gasteiger partial charge >= 0.3 is 6.18 Å². The number of likely N-dealkylation sites (tertiary alicyclic amines) is 1. The highest BCUT2D eigenvalue weighted by Crippen LogP contribution is 2.33. The van der Waals surface area contributed by atoms with E-state index in [2.05, 4.69) is 20.3 Å². The maximum absolute atomic E-state index is 13.2. The Hall–Kier alpha value is -3.70. The molecule has 9 nitrogen and oxygen atoms in total. The van der Waals surface area contributed by atoms with Crippen molar-refractivity contribution in [3.8, 4) is 0 Å². The van der Waals surface area contributed by atoms with E-state index < -0.39 is 17.8 Å². The van der Waals surface area contributed by atoms with E-state index in [1.54, 1.807) is 24.9 Å². The quantitative estimate of drug-likeness (QED) is 0.578. The van der Waals surface area contributed by atoms with E-state index in [1.807, 2.05) is 0 Å². The van der Waals surface area contributed by atoms with Crippen LogP contribution >= 0.6 is 0 Å². The molecule has 12 heteroatoms. The first-order valence-corrected chi connectivity index (χ1v) is 11.2. The third-order valence-corrected chi connectivity index (χ3v) is 6.40. The van der Waals surface area contributed by atoms with Crippen LogP contribution < -0.4 is 16.6 Å². The number of alkyl halides is 3. The first-order valence-electron chi connectivity index (χ1n) is 11.2. The summed E-state index contributed by atoms with van der Waals surface area (Å²) >= 11 is 0. The van der Waals surface area contributed by atoms with Crippen LogP contribution in [0.4, 0.5) is 24.8 Å². The maximum Gasteiger partial charge on any atom is 0.416 e. The Morgan fingerprint density at radius 2 is 1.89 bits per heavy atom. The van der Waals surface area contributed by atoms with Crippen molar-refractivity contribution in [3.05, 3.63) is 51.7 Å². The number of halogens is 3. The van der Waals surface area contributed by atoms with Crippen LogP contribution in [0.25, 0.3) is 11.0 Å². The van der Waals surface area contributed by atoms with E-state index >= 15 is 0 Å². The van der Waals surface area contributed by atoms with Gasteiger partial charge in [-0.2, -0.15) is 13.2 Å². The molecule has 1 fully saturated rings. The summed E-state index contributed by atoms with van der Waals surface area (Å²) in [5, 5.41) is 3.66. The zero-order valence-electron chi connectivity index (χ0n) is 19.6. The van der Waals surface area contributed by atoms with Crippen molar-refractivity contribution in [1.82, 2.24) is 24.4 Å². The Bertz CT molecular complexity index is 1330. The standard InChI is InChI=1S/C23H26F3N7O2/c1-12(18-8-15(23(24,25)26)9-19(27)31-18)30-20-17-10-16(14-4-6-33(7-5-14)13(2)34)22(35)32(3)21(17)29-11-28-20/h8-12,14H,4-7H2,1-3H3,(H2,27,31)(H,28,29,30). The lowest BCUT2D eigenvalue weighted by Gasteiger charge is -2.31. The number of nitrogen functional groups attached to an aromatic ring is 1. The molecule has 3 aromatic heterocycles. The van der Waals surface area contributed by atoms with Crippen molar-refractivity contribution in [3.63, 3.8) is 0 Å². The molecule has 186 valence electrons. The summed E-state index contributed by atoms with van der Waals surface area (Å²) < 4.78 is 41.2. The van der Waals surface area contributed by atoms with Gasteiger partial charge in [-0.05, 0) is 43.9 Å². The van der Waals surface area contributed by atoms with Gasteiger partial charge in [-0.25, -0.2) is 15.0 Å². The average molecular weight is 490 g/mol. The molecule has 0 saturated carbocycles. The zero-order valence-corrected chi connectivity index (χ0v) is 19.6. The van der Waals surface area contributed by atoms with Crippen LogP contribution in [0.1, 0.15) is 55.5 Å². The summed E-state index contributed by atoms with van der Waals surface area (Å²) in [7, 11) is 1.62. The van der Waals surface area contributed by atoms with E-state index in [0.29, 0.717) is 48.3 Å². The number of nitrogens with zero attached hydrogens (tertiary/aromatic N) is 5. The second-order valence-electron chi connectivity index (χ2n) is 8.77. The SMILES string of the molecule is CC(=O)N1CCC(c2cc3c(NC(C)c4cc(C(F)(F)F)cc(N)n4)ncnc3n(C)c2=O)CC1. The lowest BCUT2D eigenvalue weighted by molar-refractivity contribution is -0.137. The van der Waals surface area contributed by atoms with Crippen LogP contribution in [0.15, 0.2) is 29.3 Å². The van der Waals surface area contributed by atoms with Gasteiger partial charge in [-0.15, -0.1) is 0 Å². The monoisotopic (exact) mass is 489 g/mol. The highest BCUT2D eigenvalue weighted by atomic mass is 19.4. The number of piperidine rings is 1. The van der Waals surface area contributed by atoms with Gasteiger partial charge < -0.3 is 16.0 Å². The summed E-state index contributed by atoms with van der Waals surface area (Å²) in [6, 6.07) is 2.81. The number of pyridine rings is 2. The van der Waals surface area contributed by atoms with Gasteiger partial charge in [0.1, 0.15) is 23.6 Å². The number of amides is 1. The number of hydrogen-bond donors (Lipinski definition) is 2. The van der Waals surface area contributed by atoms with Crippen molar-refractivity contribution < 1.29 is 18.0 Å². The molecular weight excluding hydrogens is 463 g/mol. The van der Waals surface area contributed by atoms with Gasteiger partial charge in [0.15, 0.2) is 0 Å². The Kier molecular flexibility index (Phi) is 6.39. The fraction of sp³-hybridized carbons (Fsp3) is 0.435. The smallest absolute Gasteiger partial charge is 0.384 e. The number of nitrogens with one attached hydrogen (secondary N) is 1. The third-order valence-electron chi connectivity index (χ3n) is 6.40. The minimum absolute atomic E-state index is 0.00702. The summed E-state index contributed by atoms with van der Waals surface area (Å²) in [6.07, 6.45) is -1.96. The highest BCUT2D eigenvalue weighted by Gasteiger charge is 2.32. The van der Waals surface area contributed by atoms with Crippen molar-refractivity contribution >= 4 is 28.6 Å². The first-order chi connectivity index (χ1) is 16.5. The number of aryl methyl sites for hydroxylation is 1. The predicted octanol–water partition coefficient (Wildman–Crippen LogP) is 3.22. The van der Waals surface area contributed by atoms with Crippen molar-refractivity contribution in [2.24, 2.45) is 7.05 Å². The van der Waals surface area contributed by atoms with Gasteiger partial charge in [0.2, 0.25) is 5.91 Å². The molecule has 0 aliphatic carbocycles. The van der Waals surface area contributed by atoms with E-state index in [0.717, 1.165) is 12.1 Å². The lowest BCUT2D eigenvalue weighted by Crippen LogP contribution is -2.38. The summed E-state index contributed by atoms with van der Waals surface area (Å²) in [5.41, 5.74) is 5.64. The minimum Gasteiger partial charge on any atom is -0.384 e. The van der Waals surface area contributed by atoms with E-state index in [-0.39, 0.29) is 28.9 Å². The molecule has 1 unspecified atom stereocenters. The predicted molar refractivity (Wildman–Crippen MR) is 125 cm³/mol. The van der Waals surface area contributed by atoms with Gasteiger partial charge in [0.05, 0.1) is 22.7 Å². The third kappa shape index (κ3) is 4.91. The molecule has 0 radical (unpaired) electrons. The Morgan fingerprint density at radius 3 is 2.51 bits per heavy atom. The Balaban J connectivity index is 1.70. The fourth-order valence-corrected chi connectivity index (χ4v) is 4.44. The molecule has 1 aliphatic rings. The number of carbonyl (C=O) groups is 1. The molecule has 3 N–H and O–H groups in total. The molecule has 3 aromatic rings. The number of fused-ring (bicyclic) bond motifs is 1. The maximum atomic E-state index is 13.2. The summed E-state index contributed by atoms with van der Waals surface area (Å²) in [4.78, 5) is 39.1. The molecule has 1 saturated heterocycles. The van der Waals surface area contributed by atoms with Crippen LogP contribution in [0, 0.1) is 0 Å². The molecule has 4 rings (SSSR count). The number of carbonyl (C=O) groups excluding carboxylic acids is 1. The normalized spacial score (nSPS) is 15.9. The van der Waals surface area contributed by atoms with Crippen molar-refractivity contribution in [2.45, 2.75) is 44.8 Å². The van der Waals surface area contributed by atoms with Crippen LogP contribution in [0.3, 0.4) is 0 Å². The van der Waals surface area contributed by atoms with Crippen LogP contribution in [-0.2, 0) is 18.0 Å². The fourth-order valence-electron chi connectivity index (χ4n) is 4.44. The van der Waals surface area contributed by atoms with E-state index in [1.165, 1.54) is 17.8 Å². The van der Waals surface area contributed by atoms with Crippen LogP contribution in [0.5, 0.6) is 0 Å². The number of anilines is 2. The van der Waals surface area contributed by atoms with Crippen LogP contribution in [0.2, 0.25) is 0 Å². The van der Waals surface area contributed by atoms with Crippen molar-refractivity contribution in [1.29, 1.82) is 0 Å². The number of nitrogens with two attached hydrogens (primary N) is 1. The van der Waals surface area contributed by atoms with Crippen molar-refractivity contribution in [2.75, 3.05) is 24.1 Å². The molecule has 0 aromatic carbocycles. The van der Waals surface area contributed by atoms with E-state index in [9.17, 15) is 22.8 Å². The van der Waals surface area contributed by atoms with E-state index in [4.69, 9.17) is 5.73 Å². The molecule has 0 spiro atoms. The van der Waals surface area contributed by atoms with Gasteiger partial charge in [0, 0.05) is 32.6 Å². The topological polar surface area (TPSA) is 119 Å².